The van der Waals surface area contributed by atoms with Crippen molar-refractivity contribution in [2.24, 2.45) is 0 Å². The first-order valence-corrected chi connectivity index (χ1v) is 4.31. The van der Waals surface area contributed by atoms with Crippen LogP contribution in [0.1, 0.15) is 11.1 Å². The van der Waals surface area contributed by atoms with Crippen molar-refractivity contribution in [1.29, 1.82) is 0 Å². The molecule has 1 rings (SSSR count). The van der Waals surface area contributed by atoms with Crippen molar-refractivity contribution in [2.45, 2.75) is 13.5 Å². The van der Waals surface area contributed by atoms with Gasteiger partial charge in [0.05, 0.1) is 14.2 Å². The minimum absolute atomic E-state index is 0.333. The van der Waals surface area contributed by atoms with Gasteiger partial charge in [-0.25, -0.2) is 5.48 Å². The average Bonchev–Trinajstić information content (AvgIpc) is 2.20. The van der Waals surface area contributed by atoms with E-state index in [0.717, 1.165) is 22.6 Å². The molecule has 0 unspecified atom stereocenters. The van der Waals surface area contributed by atoms with Crippen LogP contribution in [0.5, 0.6) is 11.5 Å². The molecule has 4 heteroatoms. The van der Waals surface area contributed by atoms with E-state index in [4.69, 9.17) is 14.7 Å². The lowest BCUT2D eigenvalue weighted by molar-refractivity contribution is 0.160. The summed E-state index contributed by atoms with van der Waals surface area (Å²) >= 11 is 0. The summed E-state index contributed by atoms with van der Waals surface area (Å²) in [7, 11) is 3.22. The molecule has 0 fully saturated rings. The maximum atomic E-state index is 8.63. The van der Waals surface area contributed by atoms with Crippen molar-refractivity contribution >= 4 is 0 Å². The molecule has 0 saturated heterocycles. The van der Waals surface area contributed by atoms with E-state index in [1.54, 1.807) is 14.2 Å². The SMILES string of the molecule is COc1cc(CNO)c(OC)cc1C. The van der Waals surface area contributed by atoms with Gasteiger partial charge in [0.2, 0.25) is 0 Å². The zero-order valence-electron chi connectivity index (χ0n) is 8.63. The normalized spacial score (nSPS) is 10.0. The highest BCUT2D eigenvalue weighted by atomic mass is 16.5. The molecule has 0 aliphatic rings. The first kappa shape index (κ1) is 10.8. The van der Waals surface area contributed by atoms with Gasteiger partial charge in [0.15, 0.2) is 0 Å². The Balaban J connectivity index is 3.11. The number of methoxy groups -OCH3 is 2. The van der Waals surface area contributed by atoms with E-state index in [-0.39, 0.29) is 0 Å². The van der Waals surface area contributed by atoms with Crippen LogP contribution in [-0.4, -0.2) is 19.4 Å². The first-order chi connectivity index (χ1) is 6.72. The van der Waals surface area contributed by atoms with Crippen LogP contribution in [-0.2, 0) is 6.54 Å². The molecule has 4 nitrogen and oxygen atoms in total. The van der Waals surface area contributed by atoms with Crippen molar-refractivity contribution in [3.8, 4) is 11.5 Å². The lowest BCUT2D eigenvalue weighted by atomic mass is 10.1. The molecule has 1 aromatic carbocycles. The molecule has 0 aromatic heterocycles. The van der Waals surface area contributed by atoms with Gasteiger partial charge in [-0.05, 0) is 24.6 Å². The van der Waals surface area contributed by atoms with Crippen molar-refractivity contribution < 1.29 is 14.7 Å². The van der Waals surface area contributed by atoms with Crippen molar-refractivity contribution in [2.75, 3.05) is 14.2 Å². The molecule has 0 amide bonds. The minimum Gasteiger partial charge on any atom is -0.496 e. The topological polar surface area (TPSA) is 50.7 Å². The number of hydrogen-bond donors (Lipinski definition) is 2. The van der Waals surface area contributed by atoms with E-state index >= 15 is 0 Å². The Morgan fingerprint density at radius 3 is 2.36 bits per heavy atom. The van der Waals surface area contributed by atoms with E-state index in [0.29, 0.717) is 6.54 Å². The maximum absolute atomic E-state index is 8.63. The van der Waals surface area contributed by atoms with Crippen molar-refractivity contribution in [1.82, 2.24) is 5.48 Å². The maximum Gasteiger partial charge on any atom is 0.123 e. The lowest BCUT2D eigenvalue weighted by Crippen LogP contribution is -2.08. The van der Waals surface area contributed by atoms with Gasteiger partial charge in [-0.1, -0.05) is 0 Å². The third-order valence-corrected chi connectivity index (χ3v) is 2.07. The Morgan fingerprint density at radius 1 is 1.21 bits per heavy atom. The van der Waals surface area contributed by atoms with Crippen LogP contribution < -0.4 is 15.0 Å². The fourth-order valence-corrected chi connectivity index (χ4v) is 1.34. The van der Waals surface area contributed by atoms with Crippen molar-refractivity contribution in [3.05, 3.63) is 23.3 Å². The van der Waals surface area contributed by atoms with Crippen LogP contribution in [0.2, 0.25) is 0 Å². The highest BCUT2D eigenvalue weighted by Crippen LogP contribution is 2.27. The zero-order chi connectivity index (χ0) is 10.6. The summed E-state index contributed by atoms with van der Waals surface area (Å²) in [5.41, 5.74) is 3.96. The second-order valence-corrected chi connectivity index (χ2v) is 2.97. The summed E-state index contributed by atoms with van der Waals surface area (Å²) < 4.78 is 10.3. The first-order valence-electron chi connectivity index (χ1n) is 4.31. The minimum atomic E-state index is 0.333. The Kier molecular flexibility index (Phi) is 3.73. The second kappa shape index (κ2) is 4.83. The Morgan fingerprint density at radius 2 is 1.86 bits per heavy atom. The smallest absolute Gasteiger partial charge is 0.123 e. The molecule has 14 heavy (non-hydrogen) atoms. The van der Waals surface area contributed by atoms with E-state index in [2.05, 4.69) is 5.48 Å². The molecule has 0 aliphatic carbocycles. The third-order valence-electron chi connectivity index (χ3n) is 2.07. The van der Waals surface area contributed by atoms with Crippen LogP contribution in [0.25, 0.3) is 0 Å². The fraction of sp³-hybridized carbons (Fsp3) is 0.400. The highest BCUT2D eigenvalue weighted by molar-refractivity contribution is 5.45. The summed E-state index contributed by atoms with van der Waals surface area (Å²) in [6.45, 7) is 2.28. The van der Waals surface area contributed by atoms with Crippen LogP contribution in [0.4, 0.5) is 0 Å². The highest BCUT2D eigenvalue weighted by Gasteiger charge is 2.07. The molecule has 0 saturated carbocycles. The molecular weight excluding hydrogens is 182 g/mol. The number of hydroxylamine groups is 1. The number of benzene rings is 1. The van der Waals surface area contributed by atoms with E-state index in [9.17, 15) is 0 Å². The number of nitrogens with one attached hydrogen (secondary N) is 1. The van der Waals surface area contributed by atoms with E-state index in [1.807, 2.05) is 19.1 Å². The molecule has 0 bridgehead atoms. The van der Waals surface area contributed by atoms with Crippen LogP contribution in [0.3, 0.4) is 0 Å². The van der Waals surface area contributed by atoms with Gasteiger partial charge in [0.1, 0.15) is 11.5 Å². The predicted molar refractivity (Wildman–Crippen MR) is 52.9 cm³/mol. The summed E-state index contributed by atoms with van der Waals surface area (Å²) in [6.07, 6.45) is 0. The number of hydrogen-bond acceptors (Lipinski definition) is 4. The summed E-state index contributed by atoms with van der Waals surface area (Å²) in [6, 6.07) is 3.73. The van der Waals surface area contributed by atoms with Gasteiger partial charge >= 0.3 is 0 Å². The number of ether oxygens (including phenoxy) is 2. The largest absolute Gasteiger partial charge is 0.496 e. The van der Waals surface area contributed by atoms with Crippen molar-refractivity contribution in [3.63, 3.8) is 0 Å². The third kappa shape index (κ3) is 2.16. The monoisotopic (exact) mass is 197 g/mol. The molecule has 0 radical (unpaired) electrons. The van der Waals surface area contributed by atoms with Gasteiger partial charge in [-0.2, -0.15) is 0 Å². The van der Waals surface area contributed by atoms with Gasteiger partial charge in [-0.3, -0.25) is 0 Å². The molecule has 0 heterocycles. The van der Waals surface area contributed by atoms with Gasteiger partial charge in [0, 0.05) is 12.1 Å². The quantitative estimate of drug-likeness (QED) is 0.718. The van der Waals surface area contributed by atoms with Crippen LogP contribution in [0, 0.1) is 6.92 Å². The number of aryl methyl sites for hydroxylation is 1. The molecule has 2 N–H and O–H groups in total. The van der Waals surface area contributed by atoms with Gasteiger partial charge < -0.3 is 14.7 Å². The number of rotatable bonds is 4. The average molecular weight is 197 g/mol. The molecule has 0 spiro atoms. The van der Waals surface area contributed by atoms with Crippen LogP contribution in [0.15, 0.2) is 12.1 Å². The Bertz CT molecular complexity index is 312. The molecular formula is C10H15NO3. The molecule has 0 aliphatic heterocycles. The fourth-order valence-electron chi connectivity index (χ4n) is 1.34. The Labute approximate surface area is 83.4 Å². The Hall–Kier alpha value is -1.26. The summed E-state index contributed by atoms with van der Waals surface area (Å²) in [5, 5.41) is 8.63. The molecule has 1 aromatic rings. The zero-order valence-corrected chi connectivity index (χ0v) is 8.63. The summed E-state index contributed by atoms with van der Waals surface area (Å²) in [5.74, 6) is 1.53. The molecule has 0 atom stereocenters. The predicted octanol–water partition coefficient (Wildman–Crippen LogP) is 1.49. The lowest BCUT2D eigenvalue weighted by Gasteiger charge is -2.12. The molecule has 78 valence electrons. The van der Waals surface area contributed by atoms with E-state index in [1.165, 1.54) is 0 Å². The van der Waals surface area contributed by atoms with E-state index < -0.39 is 0 Å². The standard InChI is InChI=1S/C10H15NO3/c1-7-4-10(14-3)8(6-11-12)5-9(7)13-2/h4-5,11-12H,6H2,1-3H3. The van der Waals surface area contributed by atoms with Gasteiger partial charge in [-0.15, -0.1) is 0 Å². The second-order valence-electron chi connectivity index (χ2n) is 2.97. The van der Waals surface area contributed by atoms with Crippen LogP contribution >= 0.6 is 0 Å². The summed E-state index contributed by atoms with van der Waals surface area (Å²) in [4.78, 5) is 0. The van der Waals surface area contributed by atoms with Gasteiger partial charge in [0.25, 0.3) is 0 Å².